The fourth-order valence-electron chi connectivity index (χ4n) is 3.19. The predicted molar refractivity (Wildman–Crippen MR) is 101 cm³/mol. The van der Waals surface area contributed by atoms with Crippen LogP contribution in [-0.4, -0.2) is 11.5 Å². The lowest BCUT2D eigenvalue weighted by Gasteiger charge is -2.20. The first kappa shape index (κ1) is 18.8. The third kappa shape index (κ3) is 4.08. The van der Waals surface area contributed by atoms with Gasteiger partial charge in [0.15, 0.2) is 0 Å². The molecule has 0 radical (unpaired) electrons. The van der Waals surface area contributed by atoms with Crippen molar-refractivity contribution in [3.05, 3.63) is 51.2 Å². The zero-order valence-electron chi connectivity index (χ0n) is 15.2. The van der Waals surface area contributed by atoms with Crippen LogP contribution < -0.4 is 10.5 Å². The van der Waals surface area contributed by atoms with Crippen molar-refractivity contribution in [2.45, 2.75) is 53.4 Å². The van der Waals surface area contributed by atoms with E-state index in [1.165, 1.54) is 5.56 Å². The Bertz CT molecular complexity index is 705. The third-order valence-corrected chi connectivity index (χ3v) is 4.69. The maximum absolute atomic E-state index is 6.22. The van der Waals surface area contributed by atoms with E-state index >= 15 is 0 Å². The Balaban J connectivity index is 2.47. The number of pyridine rings is 1. The number of rotatable bonds is 6. The normalized spacial score (nSPS) is 12.3. The maximum atomic E-state index is 6.22. The molecule has 0 fully saturated rings. The highest BCUT2D eigenvalue weighted by molar-refractivity contribution is 6.30. The van der Waals surface area contributed by atoms with Gasteiger partial charge < -0.3 is 10.5 Å². The molecule has 2 aromatic rings. The van der Waals surface area contributed by atoms with Gasteiger partial charge in [0.1, 0.15) is 5.75 Å². The second-order valence-electron chi connectivity index (χ2n) is 6.44. The summed E-state index contributed by atoms with van der Waals surface area (Å²) in [7, 11) is 0. The molecular weight excluding hydrogens is 320 g/mol. The number of halogens is 1. The standard InChI is InChI=1S/C20H27ClN2O/c1-6-16(7-8-22)18-11-14(4)23-20(15(18)5)24-19-12(2)9-17(21)10-13(19)3/h9-11,16H,6-8,22H2,1-5H3. The van der Waals surface area contributed by atoms with Gasteiger partial charge >= 0.3 is 0 Å². The van der Waals surface area contributed by atoms with Crippen LogP contribution in [0.5, 0.6) is 11.6 Å². The molecular formula is C20H27ClN2O. The van der Waals surface area contributed by atoms with E-state index in [0.717, 1.165) is 46.0 Å². The number of hydrogen-bond acceptors (Lipinski definition) is 3. The van der Waals surface area contributed by atoms with Crippen LogP contribution in [0.15, 0.2) is 18.2 Å². The van der Waals surface area contributed by atoms with Crippen molar-refractivity contribution in [3.63, 3.8) is 0 Å². The van der Waals surface area contributed by atoms with E-state index in [0.29, 0.717) is 18.3 Å². The molecule has 1 aromatic carbocycles. The van der Waals surface area contributed by atoms with Crippen LogP contribution in [0.4, 0.5) is 0 Å². The molecule has 0 amide bonds. The van der Waals surface area contributed by atoms with Crippen molar-refractivity contribution in [1.29, 1.82) is 0 Å². The number of aromatic nitrogens is 1. The Morgan fingerprint density at radius 1 is 1.12 bits per heavy atom. The van der Waals surface area contributed by atoms with Gasteiger partial charge in [0.25, 0.3) is 0 Å². The molecule has 2 rings (SSSR count). The molecule has 0 aliphatic rings. The van der Waals surface area contributed by atoms with Crippen LogP contribution in [0.3, 0.4) is 0 Å². The van der Waals surface area contributed by atoms with E-state index in [1.807, 2.05) is 32.9 Å². The summed E-state index contributed by atoms with van der Waals surface area (Å²) in [4.78, 5) is 4.62. The number of benzene rings is 1. The molecule has 0 aliphatic carbocycles. The lowest BCUT2D eigenvalue weighted by Crippen LogP contribution is -2.10. The Morgan fingerprint density at radius 2 is 1.75 bits per heavy atom. The molecule has 0 spiro atoms. The quantitative estimate of drug-likeness (QED) is 0.740. The van der Waals surface area contributed by atoms with Gasteiger partial charge in [-0.3, -0.25) is 0 Å². The SMILES string of the molecule is CCC(CCN)c1cc(C)nc(Oc2c(C)cc(Cl)cc2C)c1C. The minimum Gasteiger partial charge on any atom is -0.438 e. The number of ether oxygens (including phenoxy) is 1. The molecule has 0 aliphatic heterocycles. The topological polar surface area (TPSA) is 48.1 Å². The maximum Gasteiger partial charge on any atom is 0.222 e. The molecule has 1 unspecified atom stereocenters. The van der Waals surface area contributed by atoms with E-state index < -0.39 is 0 Å². The molecule has 2 N–H and O–H groups in total. The van der Waals surface area contributed by atoms with Gasteiger partial charge in [-0.05, 0) is 87.9 Å². The monoisotopic (exact) mass is 346 g/mol. The van der Waals surface area contributed by atoms with E-state index in [1.54, 1.807) is 0 Å². The Kier molecular flexibility index (Phi) is 6.25. The lowest BCUT2D eigenvalue weighted by molar-refractivity contribution is 0.448. The molecule has 0 bridgehead atoms. The van der Waals surface area contributed by atoms with Gasteiger partial charge in [0, 0.05) is 16.3 Å². The Hall–Kier alpha value is -1.58. The third-order valence-electron chi connectivity index (χ3n) is 4.47. The number of hydrogen-bond donors (Lipinski definition) is 1. The van der Waals surface area contributed by atoms with Crippen LogP contribution >= 0.6 is 11.6 Å². The smallest absolute Gasteiger partial charge is 0.222 e. The summed E-state index contributed by atoms with van der Waals surface area (Å²) in [5, 5.41) is 0.723. The van der Waals surface area contributed by atoms with Crippen molar-refractivity contribution < 1.29 is 4.74 Å². The van der Waals surface area contributed by atoms with E-state index in [4.69, 9.17) is 22.1 Å². The van der Waals surface area contributed by atoms with E-state index in [9.17, 15) is 0 Å². The van der Waals surface area contributed by atoms with E-state index in [-0.39, 0.29) is 0 Å². The van der Waals surface area contributed by atoms with Gasteiger partial charge in [0.05, 0.1) is 0 Å². The largest absolute Gasteiger partial charge is 0.438 e. The minimum absolute atomic E-state index is 0.437. The molecule has 24 heavy (non-hydrogen) atoms. The molecule has 1 aromatic heterocycles. The van der Waals surface area contributed by atoms with Crippen molar-refractivity contribution >= 4 is 11.6 Å². The van der Waals surface area contributed by atoms with Crippen molar-refractivity contribution in [1.82, 2.24) is 4.98 Å². The van der Waals surface area contributed by atoms with Crippen molar-refractivity contribution in [3.8, 4) is 11.6 Å². The first-order valence-corrected chi connectivity index (χ1v) is 8.87. The van der Waals surface area contributed by atoms with Crippen molar-refractivity contribution in [2.75, 3.05) is 6.54 Å². The van der Waals surface area contributed by atoms with Crippen LogP contribution in [0.1, 0.15) is 53.6 Å². The highest BCUT2D eigenvalue weighted by Crippen LogP contribution is 2.35. The summed E-state index contributed by atoms with van der Waals surface area (Å²) in [6.45, 7) is 11.0. The number of aryl methyl sites for hydroxylation is 3. The first-order valence-electron chi connectivity index (χ1n) is 8.50. The van der Waals surface area contributed by atoms with Crippen LogP contribution in [0.2, 0.25) is 5.02 Å². The van der Waals surface area contributed by atoms with Gasteiger partial charge in [-0.1, -0.05) is 18.5 Å². The molecule has 4 heteroatoms. The zero-order chi connectivity index (χ0) is 17.9. The average molecular weight is 347 g/mol. The van der Waals surface area contributed by atoms with Crippen molar-refractivity contribution in [2.24, 2.45) is 5.73 Å². The van der Waals surface area contributed by atoms with E-state index in [2.05, 4.69) is 24.9 Å². The fourth-order valence-corrected chi connectivity index (χ4v) is 3.52. The molecule has 3 nitrogen and oxygen atoms in total. The average Bonchev–Trinajstić information content (AvgIpc) is 2.51. The first-order chi connectivity index (χ1) is 11.4. The summed E-state index contributed by atoms with van der Waals surface area (Å²) in [6.07, 6.45) is 2.03. The molecule has 0 saturated carbocycles. The van der Waals surface area contributed by atoms with Crippen LogP contribution in [0, 0.1) is 27.7 Å². The molecule has 1 atom stereocenters. The second kappa shape index (κ2) is 8.00. The summed E-state index contributed by atoms with van der Waals surface area (Å²) in [6, 6.07) is 5.99. The fraction of sp³-hybridized carbons (Fsp3) is 0.450. The zero-order valence-corrected chi connectivity index (χ0v) is 16.0. The van der Waals surface area contributed by atoms with Gasteiger partial charge in [-0.25, -0.2) is 4.98 Å². The summed E-state index contributed by atoms with van der Waals surface area (Å²) in [5.74, 6) is 1.94. The van der Waals surface area contributed by atoms with Gasteiger partial charge in [-0.2, -0.15) is 0 Å². The minimum atomic E-state index is 0.437. The number of nitrogens with zero attached hydrogens (tertiary/aromatic N) is 1. The van der Waals surface area contributed by atoms with Gasteiger partial charge in [-0.15, -0.1) is 0 Å². The number of nitrogens with two attached hydrogens (primary N) is 1. The van der Waals surface area contributed by atoms with Gasteiger partial charge in [0.2, 0.25) is 5.88 Å². The Morgan fingerprint density at radius 3 is 2.29 bits per heavy atom. The van der Waals surface area contributed by atoms with Crippen LogP contribution in [0.25, 0.3) is 0 Å². The molecule has 130 valence electrons. The Labute approximate surface area is 150 Å². The molecule has 0 saturated heterocycles. The second-order valence-corrected chi connectivity index (χ2v) is 6.87. The highest BCUT2D eigenvalue weighted by Gasteiger charge is 2.18. The summed E-state index contributed by atoms with van der Waals surface area (Å²) < 4.78 is 6.22. The molecule has 1 heterocycles. The summed E-state index contributed by atoms with van der Waals surface area (Å²) in [5.41, 5.74) is 11.2. The summed E-state index contributed by atoms with van der Waals surface area (Å²) >= 11 is 6.12. The lowest BCUT2D eigenvalue weighted by atomic mass is 9.90. The predicted octanol–water partition coefficient (Wildman–Crippen LogP) is 5.60. The highest BCUT2D eigenvalue weighted by atomic mass is 35.5. The van der Waals surface area contributed by atoms with Crippen LogP contribution in [-0.2, 0) is 0 Å².